The van der Waals surface area contributed by atoms with E-state index in [4.69, 9.17) is 4.84 Å². The van der Waals surface area contributed by atoms with E-state index in [9.17, 15) is 14.7 Å². The summed E-state index contributed by atoms with van der Waals surface area (Å²) in [4.78, 5) is 32.1. The van der Waals surface area contributed by atoms with Crippen molar-refractivity contribution in [1.29, 1.82) is 0 Å². The second-order valence-corrected chi connectivity index (χ2v) is 11.9. The van der Waals surface area contributed by atoms with Gasteiger partial charge in [-0.05, 0) is 67.6 Å². The smallest absolute Gasteiger partial charge is 0.315 e. The summed E-state index contributed by atoms with van der Waals surface area (Å²) in [5.41, 5.74) is -1.74. The van der Waals surface area contributed by atoms with Crippen molar-refractivity contribution in [2.24, 2.45) is 56.9 Å². The van der Waals surface area contributed by atoms with Crippen LogP contribution in [0.5, 0.6) is 0 Å². The molecule has 1 N–H and O–H groups in total. The van der Waals surface area contributed by atoms with E-state index in [2.05, 4.69) is 32.0 Å². The first-order chi connectivity index (χ1) is 15.3. The van der Waals surface area contributed by atoms with Crippen molar-refractivity contribution < 1.29 is 19.5 Å². The van der Waals surface area contributed by atoms with Crippen molar-refractivity contribution in [1.82, 2.24) is 0 Å². The van der Waals surface area contributed by atoms with E-state index in [-0.39, 0.29) is 17.8 Å². The summed E-state index contributed by atoms with van der Waals surface area (Å²) in [5.74, 6) is 0.896. The van der Waals surface area contributed by atoms with Gasteiger partial charge in [0.25, 0.3) is 0 Å². The number of fused-ring (bicyclic) bond motifs is 2. The van der Waals surface area contributed by atoms with E-state index in [1.54, 1.807) is 0 Å². The predicted molar refractivity (Wildman–Crippen MR) is 123 cm³/mol. The van der Waals surface area contributed by atoms with Crippen LogP contribution in [0.3, 0.4) is 0 Å². The second-order valence-electron chi connectivity index (χ2n) is 11.9. The lowest BCUT2D eigenvalue weighted by molar-refractivity contribution is -0.173. The van der Waals surface area contributed by atoms with Gasteiger partial charge in [-0.1, -0.05) is 63.3 Å². The Morgan fingerprint density at radius 3 is 2.59 bits per heavy atom. The van der Waals surface area contributed by atoms with Crippen LogP contribution in [0.1, 0.15) is 78.6 Å². The Morgan fingerprint density at radius 1 is 1.19 bits per heavy atom. The van der Waals surface area contributed by atoms with Gasteiger partial charge in [-0.2, -0.15) is 0 Å². The molecule has 0 heterocycles. The first-order valence-electron chi connectivity index (χ1n) is 12.9. The lowest BCUT2D eigenvalue weighted by Gasteiger charge is -2.57. The Labute approximate surface area is 192 Å². The summed E-state index contributed by atoms with van der Waals surface area (Å²) >= 11 is 0. The van der Waals surface area contributed by atoms with Gasteiger partial charge in [0.1, 0.15) is 18.3 Å². The highest BCUT2D eigenvalue weighted by molar-refractivity contribution is 5.96. The van der Waals surface area contributed by atoms with Crippen molar-refractivity contribution in [2.45, 2.75) is 78.6 Å². The maximum Gasteiger partial charge on any atom is 0.315 e. The number of hydrogen-bond acceptors (Lipinski definition) is 4. The molecule has 4 bridgehead atoms. The van der Waals surface area contributed by atoms with E-state index < -0.39 is 22.2 Å². The van der Waals surface area contributed by atoms with E-state index >= 15 is 0 Å². The van der Waals surface area contributed by atoms with E-state index in [0.717, 1.165) is 31.1 Å². The molecule has 5 heteroatoms. The molecule has 0 radical (unpaired) electrons. The summed E-state index contributed by atoms with van der Waals surface area (Å²) in [6, 6.07) is 0. The van der Waals surface area contributed by atoms with Crippen LogP contribution in [0.15, 0.2) is 16.8 Å². The Hall–Kier alpha value is -1.65. The van der Waals surface area contributed by atoms with Crippen LogP contribution in [0.25, 0.3) is 0 Å². The molecule has 0 saturated heterocycles. The molecular weight excluding hydrogens is 402 g/mol. The fourth-order valence-corrected chi connectivity index (χ4v) is 9.12. The molecule has 4 fully saturated rings. The monoisotopic (exact) mass is 441 g/mol. The van der Waals surface area contributed by atoms with Crippen molar-refractivity contribution in [3.05, 3.63) is 11.6 Å². The number of oxime groups is 1. The third-order valence-corrected chi connectivity index (χ3v) is 10.4. The molecule has 5 aliphatic carbocycles. The van der Waals surface area contributed by atoms with Gasteiger partial charge in [0.15, 0.2) is 0 Å². The minimum Gasteiger partial charge on any atom is -0.481 e. The number of rotatable bonds is 7. The number of allylic oxidation sites excluding steroid dienone is 1. The van der Waals surface area contributed by atoms with Crippen LogP contribution in [0.4, 0.5) is 0 Å². The number of nitrogens with zero attached hydrogens (tertiary/aromatic N) is 1. The number of carboxylic acid groups (broad SMARTS) is 1. The molecule has 4 saturated carbocycles. The Balaban J connectivity index is 1.56. The Bertz CT molecular complexity index is 843. The van der Waals surface area contributed by atoms with Gasteiger partial charge in [-0.3, -0.25) is 4.79 Å². The van der Waals surface area contributed by atoms with Crippen LogP contribution in [-0.2, 0) is 14.4 Å². The zero-order valence-corrected chi connectivity index (χ0v) is 19.9. The molecule has 5 nitrogen and oxygen atoms in total. The molecular formula is C27H39NO4. The third kappa shape index (κ3) is 2.60. The lowest BCUT2D eigenvalue weighted by Crippen LogP contribution is -2.63. The van der Waals surface area contributed by atoms with E-state index in [1.165, 1.54) is 32.1 Å². The predicted octanol–water partition coefficient (Wildman–Crippen LogP) is 5.49. The molecule has 0 aromatic carbocycles. The maximum absolute atomic E-state index is 13.3. The van der Waals surface area contributed by atoms with Crippen LogP contribution in [-0.4, -0.2) is 30.2 Å². The van der Waals surface area contributed by atoms with E-state index in [0.29, 0.717) is 30.8 Å². The first kappa shape index (κ1) is 22.2. The summed E-state index contributed by atoms with van der Waals surface area (Å²) in [7, 11) is 0. The average molecular weight is 442 g/mol. The van der Waals surface area contributed by atoms with Gasteiger partial charge in [0.2, 0.25) is 0 Å². The molecule has 3 unspecified atom stereocenters. The summed E-state index contributed by atoms with van der Waals surface area (Å²) in [6.07, 6.45) is 14.8. The highest BCUT2D eigenvalue weighted by Gasteiger charge is 2.84. The molecule has 5 rings (SSSR count). The highest BCUT2D eigenvalue weighted by atomic mass is 16.6. The zero-order valence-electron chi connectivity index (χ0n) is 19.9. The quantitative estimate of drug-likeness (QED) is 0.245. The number of carbonyl (C=O) groups excluding carboxylic acids is 1. The minimum absolute atomic E-state index is 0.0426. The highest BCUT2D eigenvalue weighted by Crippen LogP contribution is 2.82. The SMILES string of the molecule is CC(C)C1=CC2CC3(C=O)[C@@H]4CC[C@@H](C)[C@H]4CC2(/C=N/OCC2CCCCC2)[C@]13C(=O)O. The molecule has 0 aromatic rings. The number of aldehydes is 1. The molecule has 0 aliphatic heterocycles. The van der Waals surface area contributed by atoms with Gasteiger partial charge < -0.3 is 14.7 Å². The first-order valence-corrected chi connectivity index (χ1v) is 12.9. The van der Waals surface area contributed by atoms with Gasteiger partial charge in [-0.15, -0.1) is 0 Å². The number of aliphatic carboxylic acids is 1. The van der Waals surface area contributed by atoms with Gasteiger partial charge in [0, 0.05) is 5.41 Å². The molecule has 0 aromatic heterocycles. The third-order valence-electron chi connectivity index (χ3n) is 10.4. The largest absolute Gasteiger partial charge is 0.481 e. The van der Waals surface area contributed by atoms with Gasteiger partial charge >= 0.3 is 5.97 Å². The van der Waals surface area contributed by atoms with Crippen LogP contribution < -0.4 is 0 Å². The van der Waals surface area contributed by atoms with Gasteiger partial charge in [-0.25, -0.2) is 0 Å². The van der Waals surface area contributed by atoms with Gasteiger partial charge in [0.05, 0.1) is 11.6 Å². The van der Waals surface area contributed by atoms with Crippen molar-refractivity contribution in [3.63, 3.8) is 0 Å². The Kier molecular flexibility index (Phi) is 5.33. The fourth-order valence-electron chi connectivity index (χ4n) is 9.12. The molecule has 7 atom stereocenters. The Morgan fingerprint density at radius 2 is 1.94 bits per heavy atom. The van der Waals surface area contributed by atoms with E-state index in [1.807, 2.05) is 6.21 Å². The summed E-state index contributed by atoms with van der Waals surface area (Å²) in [5, 5.41) is 15.4. The maximum atomic E-state index is 13.3. The zero-order chi connectivity index (χ0) is 22.7. The number of hydrogen-bond donors (Lipinski definition) is 1. The standard InChI is InChI=1S/C27H39NO4/c1-17(2)23-11-20-12-26(16-29)22-10-9-18(3)21(22)13-25(20,27(23,26)24(30)31)15-28-32-14-19-7-5-4-6-8-19/h11,15-22H,4-10,12-14H2,1-3H3,(H,30,31)/b28-15+/t18-,20?,21-,22-,25?,26?,27-/m1/s1. The van der Waals surface area contributed by atoms with Crippen LogP contribution >= 0.6 is 0 Å². The lowest BCUT2D eigenvalue weighted by atomic mass is 9.43. The summed E-state index contributed by atoms with van der Waals surface area (Å²) in [6.45, 7) is 7.04. The van der Waals surface area contributed by atoms with Crippen LogP contribution in [0, 0.1) is 51.8 Å². The molecule has 0 spiro atoms. The second kappa shape index (κ2) is 7.70. The molecule has 32 heavy (non-hydrogen) atoms. The number of carbonyl (C=O) groups is 2. The molecule has 0 amide bonds. The number of carboxylic acids is 1. The minimum atomic E-state index is -1.19. The van der Waals surface area contributed by atoms with Crippen molar-refractivity contribution >= 4 is 18.5 Å². The fraction of sp³-hybridized carbons (Fsp3) is 0.815. The normalized spacial score (nSPS) is 45.3. The topological polar surface area (TPSA) is 76.0 Å². The molecule has 176 valence electrons. The van der Waals surface area contributed by atoms with Crippen molar-refractivity contribution in [2.75, 3.05) is 6.61 Å². The molecule has 5 aliphatic rings. The summed E-state index contributed by atoms with van der Waals surface area (Å²) < 4.78 is 0. The van der Waals surface area contributed by atoms with Crippen molar-refractivity contribution in [3.8, 4) is 0 Å². The average Bonchev–Trinajstić information content (AvgIpc) is 3.35. The van der Waals surface area contributed by atoms with Crippen LogP contribution in [0.2, 0.25) is 0 Å².